The number of carbonyl (C=O) groups excluding carboxylic acids is 2. The number of rotatable bonds is 9. The largest absolute Gasteiger partial charge is 0.493 e. The quantitative estimate of drug-likeness (QED) is 0.485. The number of hydrogen-bond donors (Lipinski definition) is 3. The zero-order valence-corrected chi connectivity index (χ0v) is 19.3. The zero-order valence-electron chi connectivity index (χ0n) is 18.5. The second-order valence-corrected chi connectivity index (χ2v) is 8.79. The third-order valence-corrected chi connectivity index (χ3v) is 5.65. The summed E-state index contributed by atoms with van der Waals surface area (Å²) in [7, 11) is -0.114. The lowest BCUT2D eigenvalue weighted by Gasteiger charge is -2.15. The molecule has 174 valence electrons. The van der Waals surface area contributed by atoms with Gasteiger partial charge in [0.25, 0.3) is 10.0 Å². The molecule has 2 aromatic rings. The number of nitrogens with one attached hydrogen (secondary N) is 3. The van der Waals surface area contributed by atoms with Gasteiger partial charge in [-0.3, -0.25) is 4.72 Å². The van der Waals surface area contributed by atoms with E-state index in [1.807, 2.05) is 13.8 Å². The van der Waals surface area contributed by atoms with Crippen LogP contribution >= 0.6 is 0 Å². The van der Waals surface area contributed by atoms with Crippen molar-refractivity contribution in [2.75, 3.05) is 37.9 Å². The van der Waals surface area contributed by atoms with Crippen LogP contribution in [0.1, 0.15) is 24.2 Å². The number of urea groups is 1. The molecule has 0 unspecified atom stereocenters. The van der Waals surface area contributed by atoms with Crippen molar-refractivity contribution >= 4 is 33.4 Å². The molecule has 0 aliphatic rings. The molecule has 0 heterocycles. The molecule has 0 saturated heterocycles. The molecule has 0 radical (unpaired) electrons. The van der Waals surface area contributed by atoms with Gasteiger partial charge in [-0.25, -0.2) is 18.0 Å². The van der Waals surface area contributed by atoms with Gasteiger partial charge in [0.2, 0.25) is 0 Å². The fourth-order valence-corrected chi connectivity index (χ4v) is 3.71. The van der Waals surface area contributed by atoms with E-state index in [-0.39, 0.29) is 33.7 Å². The number of sulfonamides is 1. The standard InChI is InChI=1S/C21H27N3O7S/c1-13(2)12-22-21(26)23-14-6-8-15(9-7-14)32(27,28)24-17-11-19(30-4)18(29-3)10-16(17)20(25)31-5/h6-11,13,24H,12H2,1-5H3,(H2,22,23,26). The van der Waals surface area contributed by atoms with Crippen molar-refractivity contribution in [1.82, 2.24) is 5.32 Å². The van der Waals surface area contributed by atoms with Crippen LogP contribution in [-0.4, -0.2) is 48.3 Å². The minimum atomic E-state index is -4.07. The Labute approximate surface area is 187 Å². The lowest BCUT2D eigenvalue weighted by atomic mass is 10.1. The average molecular weight is 466 g/mol. The van der Waals surface area contributed by atoms with Gasteiger partial charge in [-0.15, -0.1) is 0 Å². The van der Waals surface area contributed by atoms with Gasteiger partial charge in [0.1, 0.15) is 0 Å². The highest BCUT2D eigenvalue weighted by Crippen LogP contribution is 2.34. The molecule has 2 rings (SSSR count). The summed E-state index contributed by atoms with van der Waals surface area (Å²) in [5.74, 6) is 0.00763. The summed E-state index contributed by atoms with van der Waals surface area (Å²) < 4.78 is 43.3. The van der Waals surface area contributed by atoms with Crippen LogP contribution in [0, 0.1) is 5.92 Å². The van der Waals surface area contributed by atoms with E-state index in [0.717, 1.165) is 0 Å². The van der Waals surface area contributed by atoms with E-state index in [4.69, 9.17) is 14.2 Å². The predicted octanol–water partition coefficient (Wildman–Crippen LogP) is 3.07. The Morgan fingerprint density at radius 2 is 1.56 bits per heavy atom. The Kier molecular flexibility index (Phi) is 8.30. The minimum absolute atomic E-state index is 0.0373. The molecule has 0 aliphatic carbocycles. The normalized spacial score (nSPS) is 10.9. The first-order chi connectivity index (χ1) is 15.1. The van der Waals surface area contributed by atoms with Crippen molar-refractivity contribution in [2.24, 2.45) is 5.92 Å². The number of esters is 1. The molecule has 0 saturated carbocycles. The maximum absolute atomic E-state index is 12.9. The smallest absolute Gasteiger partial charge is 0.340 e. The van der Waals surface area contributed by atoms with E-state index in [2.05, 4.69) is 15.4 Å². The van der Waals surface area contributed by atoms with Crippen molar-refractivity contribution in [3.05, 3.63) is 42.0 Å². The fourth-order valence-electron chi connectivity index (χ4n) is 2.64. The SMILES string of the molecule is COC(=O)c1cc(OC)c(OC)cc1NS(=O)(=O)c1ccc(NC(=O)NCC(C)C)cc1. The number of hydrogen-bond acceptors (Lipinski definition) is 7. The highest BCUT2D eigenvalue weighted by Gasteiger charge is 2.22. The molecule has 11 heteroatoms. The van der Waals surface area contributed by atoms with Gasteiger partial charge in [-0.05, 0) is 30.2 Å². The monoisotopic (exact) mass is 465 g/mol. The molecule has 2 aromatic carbocycles. The molecule has 2 amide bonds. The van der Waals surface area contributed by atoms with Crippen LogP contribution in [0.4, 0.5) is 16.2 Å². The number of methoxy groups -OCH3 is 3. The first-order valence-corrected chi connectivity index (χ1v) is 11.1. The van der Waals surface area contributed by atoms with Crippen molar-refractivity contribution < 1.29 is 32.2 Å². The molecule has 0 fully saturated rings. The maximum Gasteiger partial charge on any atom is 0.340 e. The van der Waals surface area contributed by atoms with Gasteiger partial charge in [0, 0.05) is 24.4 Å². The molecule has 32 heavy (non-hydrogen) atoms. The summed E-state index contributed by atoms with van der Waals surface area (Å²) in [4.78, 5) is 24.0. The minimum Gasteiger partial charge on any atom is -0.493 e. The van der Waals surface area contributed by atoms with E-state index >= 15 is 0 Å². The Balaban J connectivity index is 2.27. The maximum atomic E-state index is 12.9. The summed E-state index contributed by atoms with van der Waals surface area (Å²) in [6.07, 6.45) is 0. The summed E-state index contributed by atoms with van der Waals surface area (Å²) in [5.41, 5.74) is 0.338. The average Bonchev–Trinajstić information content (AvgIpc) is 2.77. The van der Waals surface area contributed by atoms with Gasteiger partial charge >= 0.3 is 12.0 Å². The fraction of sp³-hybridized carbons (Fsp3) is 0.333. The van der Waals surface area contributed by atoms with Crippen LogP contribution < -0.4 is 24.8 Å². The lowest BCUT2D eigenvalue weighted by molar-refractivity contribution is 0.0601. The molecule has 0 aliphatic heterocycles. The third kappa shape index (κ3) is 6.27. The van der Waals surface area contributed by atoms with Crippen molar-refractivity contribution in [1.29, 1.82) is 0 Å². The first-order valence-electron chi connectivity index (χ1n) is 9.63. The van der Waals surface area contributed by atoms with E-state index in [1.165, 1.54) is 57.7 Å². The van der Waals surface area contributed by atoms with Crippen LogP contribution in [-0.2, 0) is 14.8 Å². The van der Waals surface area contributed by atoms with Gasteiger partial charge in [-0.2, -0.15) is 0 Å². The van der Waals surface area contributed by atoms with Crippen molar-refractivity contribution in [2.45, 2.75) is 18.7 Å². The first kappa shape index (κ1) is 24.8. The second-order valence-electron chi connectivity index (χ2n) is 7.10. The Hall–Kier alpha value is -3.47. The van der Waals surface area contributed by atoms with Crippen LogP contribution in [0.5, 0.6) is 11.5 Å². The predicted molar refractivity (Wildman–Crippen MR) is 120 cm³/mol. The van der Waals surface area contributed by atoms with E-state index in [1.54, 1.807) is 0 Å². The van der Waals surface area contributed by atoms with Crippen LogP contribution in [0.15, 0.2) is 41.3 Å². The lowest BCUT2D eigenvalue weighted by Crippen LogP contribution is -2.31. The van der Waals surface area contributed by atoms with Gasteiger partial charge in [-0.1, -0.05) is 13.8 Å². The summed E-state index contributed by atoms with van der Waals surface area (Å²) >= 11 is 0. The molecular formula is C21H27N3O7S. The summed E-state index contributed by atoms with van der Waals surface area (Å²) in [6.45, 7) is 4.45. The molecule has 0 aromatic heterocycles. The van der Waals surface area contributed by atoms with Gasteiger partial charge in [0.15, 0.2) is 11.5 Å². The Bertz CT molecular complexity index is 1070. The van der Waals surface area contributed by atoms with Crippen LogP contribution in [0.25, 0.3) is 0 Å². The van der Waals surface area contributed by atoms with Gasteiger partial charge in [0.05, 0.1) is 37.5 Å². The highest BCUT2D eigenvalue weighted by atomic mass is 32.2. The molecule has 0 spiro atoms. The van der Waals surface area contributed by atoms with Crippen molar-refractivity contribution in [3.8, 4) is 11.5 Å². The molecule has 0 bridgehead atoms. The number of amides is 2. The number of ether oxygens (including phenoxy) is 3. The van der Waals surface area contributed by atoms with Crippen molar-refractivity contribution in [3.63, 3.8) is 0 Å². The number of benzene rings is 2. The van der Waals surface area contributed by atoms with E-state index in [0.29, 0.717) is 18.2 Å². The molecule has 3 N–H and O–H groups in total. The summed E-state index contributed by atoms with van der Waals surface area (Å²) in [5, 5.41) is 5.33. The number of carbonyl (C=O) groups is 2. The Morgan fingerprint density at radius 1 is 0.969 bits per heavy atom. The van der Waals surface area contributed by atoms with Crippen LogP contribution in [0.2, 0.25) is 0 Å². The van der Waals surface area contributed by atoms with E-state index in [9.17, 15) is 18.0 Å². The van der Waals surface area contributed by atoms with Crippen LogP contribution in [0.3, 0.4) is 0 Å². The molecule has 0 atom stereocenters. The molecule has 10 nitrogen and oxygen atoms in total. The second kappa shape index (κ2) is 10.7. The van der Waals surface area contributed by atoms with E-state index < -0.39 is 16.0 Å². The zero-order chi connectivity index (χ0) is 23.9. The highest BCUT2D eigenvalue weighted by molar-refractivity contribution is 7.92. The topological polar surface area (TPSA) is 132 Å². The van der Waals surface area contributed by atoms with Gasteiger partial charge < -0.3 is 24.8 Å². The molecular weight excluding hydrogens is 438 g/mol. The third-order valence-electron chi connectivity index (χ3n) is 4.27. The summed E-state index contributed by atoms with van der Waals surface area (Å²) in [6, 6.07) is 7.85. The Morgan fingerprint density at radius 3 is 2.09 bits per heavy atom. The number of anilines is 2.